The van der Waals surface area contributed by atoms with Gasteiger partial charge in [-0.2, -0.15) is 0 Å². The number of ether oxygens (including phenoxy) is 1. The summed E-state index contributed by atoms with van der Waals surface area (Å²) < 4.78 is 5.49. The first-order valence-corrected chi connectivity index (χ1v) is 32.9. The topological polar surface area (TPSA) is 95.9 Å². The van der Waals surface area contributed by atoms with Crippen molar-refractivity contribution < 1.29 is 24.5 Å². The molecule has 3 N–H and O–H groups in total. The fourth-order valence-corrected chi connectivity index (χ4v) is 10.0. The Morgan fingerprint density at radius 3 is 1.07 bits per heavy atom. The van der Waals surface area contributed by atoms with Gasteiger partial charge in [0.1, 0.15) is 0 Å². The molecule has 434 valence electrons. The van der Waals surface area contributed by atoms with Crippen LogP contribution in [-0.2, 0) is 14.3 Å². The fraction of sp³-hybridized carbons (Fsp3) is 0.853. The molecule has 0 aliphatic rings. The first kappa shape index (κ1) is 71.8. The van der Waals surface area contributed by atoms with Gasteiger partial charge >= 0.3 is 5.97 Å². The molecule has 0 saturated heterocycles. The van der Waals surface area contributed by atoms with Gasteiger partial charge in [-0.3, -0.25) is 9.59 Å². The molecule has 2 unspecified atom stereocenters. The molecule has 74 heavy (non-hydrogen) atoms. The second kappa shape index (κ2) is 63.4. The normalized spacial score (nSPS) is 12.9. The van der Waals surface area contributed by atoms with E-state index >= 15 is 0 Å². The Morgan fingerprint density at radius 1 is 0.378 bits per heavy atom. The number of amides is 1. The van der Waals surface area contributed by atoms with Gasteiger partial charge in [0.25, 0.3) is 0 Å². The second-order valence-electron chi connectivity index (χ2n) is 22.4. The number of unbranched alkanes of at least 4 members (excludes halogenated alkanes) is 44. The Morgan fingerprint density at radius 2 is 0.676 bits per heavy atom. The molecule has 0 aromatic carbocycles. The number of hydrogen-bond donors (Lipinski definition) is 3. The van der Waals surface area contributed by atoms with Crippen LogP contribution in [0.4, 0.5) is 0 Å². The van der Waals surface area contributed by atoms with Gasteiger partial charge in [0, 0.05) is 12.8 Å². The summed E-state index contributed by atoms with van der Waals surface area (Å²) >= 11 is 0. The SMILES string of the molecule is CCCCC/C=C\C/C=C\CCCCCCCCCC(=O)OCCCCCCCCCCCCCC/C=C\CCCCCCCCCCCCCC(=O)NC(CO)C(O)/C=C/CCCCCCCCCCCCC. The van der Waals surface area contributed by atoms with E-state index in [2.05, 4.69) is 55.6 Å². The molecule has 0 rings (SSSR count). The molecular weight excluding hydrogens is 911 g/mol. The number of carbonyl (C=O) groups is 2. The smallest absolute Gasteiger partial charge is 0.305 e. The summed E-state index contributed by atoms with van der Waals surface area (Å²) in [4.78, 5) is 24.5. The van der Waals surface area contributed by atoms with Crippen LogP contribution in [0.15, 0.2) is 48.6 Å². The number of hydrogen-bond acceptors (Lipinski definition) is 5. The number of carbonyl (C=O) groups excluding carboxylic acids is 2. The van der Waals surface area contributed by atoms with Gasteiger partial charge in [0.05, 0.1) is 25.4 Å². The van der Waals surface area contributed by atoms with Crippen molar-refractivity contribution in [3.63, 3.8) is 0 Å². The van der Waals surface area contributed by atoms with Crippen molar-refractivity contribution in [2.45, 2.75) is 360 Å². The first-order valence-electron chi connectivity index (χ1n) is 32.9. The first-order chi connectivity index (χ1) is 36.5. The maximum atomic E-state index is 12.5. The summed E-state index contributed by atoms with van der Waals surface area (Å²) in [5.41, 5.74) is 0. The summed E-state index contributed by atoms with van der Waals surface area (Å²) in [6, 6.07) is -0.628. The van der Waals surface area contributed by atoms with Crippen molar-refractivity contribution in [2.24, 2.45) is 0 Å². The van der Waals surface area contributed by atoms with Gasteiger partial charge in [-0.25, -0.2) is 0 Å². The number of aliphatic hydroxyl groups excluding tert-OH is 2. The van der Waals surface area contributed by atoms with Crippen molar-refractivity contribution in [1.29, 1.82) is 0 Å². The van der Waals surface area contributed by atoms with Crippen LogP contribution in [0.2, 0.25) is 0 Å². The molecule has 0 spiro atoms. The molecule has 0 aliphatic carbocycles. The standard InChI is InChI=1S/C68H127NO5/c1-3-5-7-9-11-13-15-17-18-30-34-38-42-46-50-54-58-62-68(73)74-63-59-55-51-47-43-39-35-32-29-27-25-23-21-19-20-22-24-26-28-31-33-37-41-45-49-53-57-61-67(72)69-65(64-70)66(71)60-56-52-48-44-40-36-16-14-12-10-8-6-4-2/h11,13,17-20,56,60,65-66,70-71H,3-10,12,14-16,21-55,57-59,61-64H2,1-2H3,(H,69,72)/b13-11-,18-17-,20-19-,60-56+. The maximum absolute atomic E-state index is 12.5. The van der Waals surface area contributed by atoms with Gasteiger partial charge in [0.15, 0.2) is 0 Å². The minimum absolute atomic E-state index is 0.00678. The molecule has 1 amide bonds. The van der Waals surface area contributed by atoms with E-state index in [1.165, 1.54) is 270 Å². The Balaban J connectivity index is 3.39. The minimum atomic E-state index is -0.845. The highest BCUT2D eigenvalue weighted by Gasteiger charge is 2.18. The highest BCUT2D eigenvalue weighted by Crippen LogP contribution is 2.17. The van der Waals surface area contributed by atoms with Crippen LogP contribution < -0.4 is 5.32 Å². The van der Waals surface area contributed by atoms with E-state index in [1.54, 1.807) is 6.08 Å². The highest BCUT2D eigenvalue weighted by molar-refractivity contribution is 5.76. The molecule has 6 heteroatoms. The quantitative estimate of drug-likeness (QED) is 0.0320. The van der Waals surface area contributed by atoms with Gasteiger partial charge < -0.3 is 20.3 Å². The monoisotopic (exact) mass is 1040 g/mol. The third kappa shape index (κ3) is 59.1. The van der Waals surface area contributed by atoms with E-state index in [9.17, 15) is 19.8 Å². The number of nitrogens with one attached hydrogen (secondary N) is 1. The van der Waals surface area contributed by atoms with Crippen LogP contribution >= 0.6 is 0 Å². The zero-order chi connectivity index (χ0) is 53.6. The van der Waals surface area contributed by atoms with Crippen LogP contribution in [-0.4, -0.2) is 47.4 Å². The lowest BCUT2D eigenvalue weighted by Gasteiger charge is -2.20. The third-order valence-corrected chi connectivity index (χ3v) is 15.1. The lowest BCUT2D eigenvalue weighted by molar-refractivity contribution is -0.143. The molecule has 0 aromatic rings. The average Bonchev–Trinajstić information content (AvgIpc) is 3.40. The summed E-state index contributed by atoms with van der Waals surface area (Å²) in [6.07, 6.45) is 81.7. The lowest BCUT2D eigenvalue weighted by atomic mass is 10.0. The van der Waals surface area contributed by atoms with Crippen LogP contribution in [0.1, 0.15) is 348 Å². The third-order valence-electron chi connectivity index (χ3n) is 15.1. The van der Waals surface area contributed by atoms with Gasteiger partial charge in [-0.05, 0) is 89.9 Å². The Kier molecular flexibility index (Phi) is 61.5. The molecule has 0 bridgehead atoms. The van der Waals surface area contributed by atoms with E-state index in [-0.39, 0.29) is 18.5 Å². The van der Waals surface area contributed by atoms with E-state index in [1.807, 2.05) is 6.08 Å². The van der Waals surface area contributed by atoms with Gasteiger partial charge in [-0.1, -0.05) is 294 Å². The number of allylic oxidation sites excluding steroid dienone is 7. The zero-order valence-electron chi connectivity index (χ0n) is 49.6. The van der Waals surface area contributed by atoms with Crippen LogP contribution in [0.25, 0.3) is 0 Å². The van der Waals surface area contributed by atoms with E-state index in [0.717, 1.165) is 51.4 Å². The number of aliphatic hydroxyl groups is 2. The molecule has 0 aromatic heterocycles. The molecule has 0 fully saturated rings. The molecule has 0 heterocycles. The molecule has 0 saturated carbocycles. The van der Waals surface area contributed by atoms with Crippen molar-refractivity contribution in [3.05, 3.63) is 48.6 Å². The maximum Gasteiger partial charge on any atom is 0.305 e. The largest absolute Gasteiger partial charge is 0.466 e. The predicted octanol–water partition coefficient (Wildman–Crippen LogP) is 20.9. The Labute approximate surface area is 461 Å². The van der Waals surface area contributed by atoms with Crippen molar-refractivity contribution in [3.8, 4) is 0 Å². The Hall–Kier alpha value is -2.18. The number of esters is 1. The molecule has 2 atom stereocenters. The summed E-state index contributed by atoms with van der Waals surface area (Å²) in [7, 11) is 0. The molecule has 0 radical (unpaired) electrons. The van der Waals surface area contributed by atoms with Crippen LogP contribution in [0.3, 0.4) is 0 Å². The summed E-state index contributed by atoms with van der Waals surface area (Å²) in [5.74, 6) is -0.0618. The number of rotatable bonds is 61. The summed E-state index contributed by atoms with van der Waals surface area (Å²) in [6.45, 7) is 4.88. The van der Waals surface area contributed by atoms with Crippen LogP contribution in [0.5, 0.6) is 0 Å². The zero-order valence-corrected chi connectivity index (χ0v) is 49.6. The fourth-order valence-electron chi connectivity index (χ4n) is 10.0. The highest BCUT2D eigenvalue weighted by atomic mass is 16.5. The van der Waals surface area contributed by atoms with Crippen LogP contribution in [0, 0.1) is 0 Å². The van der Waals surface area contributed by atoms with Crippen molar-refractivity contribution >= 4 is 11.9 Å². The average molecular weight is 1040 g/mol. The minimum Gasteiger partial charge on any atom is -0.466 e. The molecular formula is C68H127NO5. The van der Waals surface area contributed by atoms with E-state index in [4.69, 9.17) is 4.74 Å². The molecule has 0 aliphatic heterocycles. The van der Waals surface area contributed by atoms with Gasteiger partial charge in [0.2, 0.25) is 5.91 Å². The van der Waals surface area contributed by atoms with Gasteiger partial charge in [-0.15, -0.1) is 0 Å². The second-order valence-corrected chi connectivity index (χ2v) is 22.4. The van der Waals surface area contributed by atoms with E-state index in [0.29, 0.717) is 19.4 Å². The Bertz CT molecular complexity index is 1240. The lowest BCUT2D eigenvalue weighted by Crippen LogP contribution is -2.45. The summed E-state index contributed by atoms with van der Waals surface area (Å²) in [5, 5.41) is 23.1. The van der Waals surface area contributed by atoms with Crippen molar-refractivity contribution in [2.75, 3.05) is 13.2 Å². The molecule has 6 nitrogen and oxygen atoms in total. The van der Waals surface area contributed by atoms with E-state index < -0.39 is 12.1 Å². The van der Waals surface area contributed by atoms with Crippen molar-refractivity contribution in [1.82, 2.24) is 5.32 Å². The predicted molar refractivity (Wildman–Crippen MR) is 324 cm³/mol.